The van der Waals surface area contributed by atoms with E-state index in [0.717, 1.165) is 61.3 Å². The number of benzene rings is 2. The SMILES string of the molecule is CCNC(=NCc1ccccc1OCCN(C)C)NC1CCN(c2ccccc2OC)C1.I. The number of guanidine groups is 1. The molecule has 8 heteroatoms. The van der Waals surface area contributed by atoms with E-state index in [-0.39, 0.29) is 24.0 Å². The third-order valence-corrected chi connectivity index (χ3v) is 5.48. The highest BCUT2D eigenvalue weighted by atomic mass is 127. The number of anilines is 1. The van der Waals surface area contributed by atoms with Gasteiger partial charge in [0.15, 0.2) is 5.96 Å². The Morgan fingerprint density at radius 2 is 1.85 bits per heavy atom. The second-order valence-corrected chi connectivity index (χ2v) is 8.20. The third kappa shape index (κ3) is 8.26. The maximum Gasteiger partial charge on any atom is 0.191 e. The average molecular weight is 568 g/mol. The standard InChI is InChI=1S/C25H37N5O2.HI/c1-5-26-25(27-18-20-10-6-8-12-23(20)32-17-16-29(2)3)28-21-14-15-30(19-21)22-11-7-9-13-24(22)31-4;/h6-13,21H,5,14-19H2,1-4H3,(H2,26,27,28);1H. The van der Waals surface area contributed by atoms with E-state index in [0.29, 0.717) is 19.2 Å². The molecule has 2 aromatic rings. The van der Waals surface area contributed by atoms with Crippen LogP contribution in [-0.4, -0.2) is 70.9 Å². The van der Waals surface area contributed by atoms with Gasteiger partial charge in [-0.1, -0.05) is 30.3 Å². The molecule has 2 N–H and O–H groups in total. The summed E-state index contributed by atoms with van der Waals surface area (Å²) in [6.45, 7) is 6.91. The van der Waals surface area contributed by atoms with Crippen LogP contribution in [0.25, 0.3) is 0 Å². The molecule has 0 radical (unpaired) electrons. The van der Waals surface area contributed by atoms with Gasteiger partial charge in [0.2, 0.25) is 0 Å². The lowest BCUT2D eigenvalue weighted by Gasteiger charge is -2.22. The first kappa shape index (κ1) is 27.0. The second kappa shape index (κ2) is 14.1. The molecule has 2 aromatic carbocycles. The highest BCUT2D eigenvalue weighted by molar-refractivity contribution is 14.0. The molecule has 182 valence electrons. The number of methoxy groups -OCH3 is 1. The largest absolute Gasteiger partial charge is 0.495 e. The van der Waals surface area contributed by atoms with Gasteiger partial charge in [0, 0.05) is 37.8 Å². The molecule has 1 saturated heterocycles. The molecule has 1 aliphatic rings. The smallest absolute Gasteiger partial charge is 0.191 e. The van der Waals surface area contributed by atoms with Crippen LogP contribution >= 0.6 is 24.0 Å². The van der Waals surface area contributed by atoms with Crippen molar-refractivity contribution in [3.63, 3.8) is 0 Å². The van der Waals surface area contributed by atoms with Gasteiger partial charge < -0.3 is 29.9 Å². The molecule has 1 atom stereocenters. The summed E-state index contributed by atoms with van der Waals surface area (Å²) >= 11 is 0. The Labute approximate surface area is 215 Å². The van der Waals surface area contributed by atoms with Crippen molar-refractivity contribution in [2.45, 2.75) is 25.9 Å². The van der Waals surface area contributed by atoms with Crippen molar-refractivity contribution in [1.29, 1.82) is 0 Å². The van der Waals surface area contributed by atoms with Crippen LogP contribution in [0.2, 0.25) is 0 Å². The molecule has 0 saturated carbocycles. The lowest BCUT2D eigenvalue weighted by atomic mass is 10.2. The minimum Gasteiger partial charge on any atom is -0.495 e. The summed E-state index contributed by atoms with van der Waals surface area (Å²) in [7, 11) is 5.82. The van der Waals surface area contributed by atoms with E-state index in [1.807, 2.05) is 44.4 Å². The molecule has 1 fully saturated rings. The van der Waals surface area contributed by atoms with E-state index < -0.39 is 0 Å². The van der Waals surface area contributed by atoms with Gasteiger partial charge in [0.25, 0.3) is 0 Å². The van der Waals surface area contributed by atoms with Crippen molar-refractivity contribution in [1.82, 2.24) is 15.5 Å². The van der Waals surface area contributed by atoms with Crippen molar-refractivity contribution in [2.24, 2.45) is 4.99 Å². The van der Waals surface area contributed by atoms with Gasteiger partial charge in [-0.05, 0) is 45.6 Å². The fraction of sp³-hybridized carbons (Fsp3) is 0.480. The third-order valence-electron chi connectivity index (χ3n) is 5.48. The molecule has 0 aliphatic carbocycles. The summed E-state index contributed by atoms with van der Waals surface area (Å²) in [6, 6.07) is 16.7. The van der Waals surface area contributed by atoms with Crippen LogP contribution in [0.5, 0.6) is 11.5 Å². The number of ether oxygens (including phenoxy) is 2. The molecule has 0 amide bonds. The Kier molecular flexibility index (Phi) is 11.6. The van der Waals surface area contributed by atoms with Gasteiger partial charge in [-0.3, -0.25) is 0 Å². The number of hydrogen-bond acceptors (Lipinski definition) is 5. The van der Waals surface area contributed by atoms with Gasteiger partial charge in [0.1, 0.15) is 18.1 Å². The highest BCUT2D eigenvalue weighted by Gasteiger charge is 2.25. The Morgan fingerprint density at radius 3 is 2.58 bits per heavy atom. The number of likely N-dealkylation sites (N-methyl/N-ethyl adjacent to an activating group) is 1. The summed E-state index contributed by atoms with van der Waals surface area (Å²) in [5.74, 6) is 2.65. The molecular weight excluding hydrogens is 529 g/mol. The summed E-state index contributed by atoms with van der Waals surface area (Å²) < 4.78 is 11.5. The van der Waals surface area contributed by atoms with Crippen LogP contribution in [0.15, 0.2) is 53.5 Å². The van der Waals surface area contributed by atoms with E-state index >= 15 is 0 Å². The lowest BCUT2D eigenvalue weighted by molar-refractivity contribution is 0.259. The van der Waals surface area contributed by atoms with E-state index in [9.17, 15) is 0 Å². The number of halogens is 1. The van der Waals surface area contributed by atoms with Crippen LogP contribution in [0, 0.1) is 0 Å². The van der Waals surface area contributed by atoms with Crippen molar-refractivity contribution in [3.05, 3.63) is 54.1 Å². The first-order valence-corrected chi connectivity index (χ1v) is 11.4. The normalized spacial score (nSPS) is 15.8. The second-order valence-electron chi connectivity index (χ2n) is 8.20. The molecule has 7 nitrogen and oxygen atoms in total. The number of rotatable bonds is 10. The first-order chi connectivity index (χ1) is 15.6. The van der Waals surface area contributed by atoms with Gasteiger partial charge in [-0.25, -0.2) is 4.99 Å². The highest BCUT2D eigenvalue weighted by Crippen LogP contribution is 2.30. The van der Waals surface area contributed by atoms with Crippen LogP contribution in [0.4, 0.5) is 5.69 Å². The maximum atomic E-state index is 5.99. The van der Waals surface area contributed by atoms with Gasteiger partial charge in [0.05, 0.1) is 19.3 Å². The minimum absolute atomic E-state index is 0. The zero-order valence-corrected chi connectivity index (χ0v) is 22.5. The number of nitrogens with zero attached hydrogens (tertiary/aromatic N) is 3. The first-order valence-electron chi connectivity index (χ1n) is 11.4. The zero-order valence-electron chi connectivity index (χ0n) is 20.2. The Morgan fingerprint density at radius 1 is 1.12 bits per heavy atom. The zero-order chi connectivity index (χ0) is 22.8. The van der Waals surface area contributed by atoms with Gasteiger partial charge in [-0.2, -0.15) is 0 Å². The van der Waals surface area contributed by atoms with Crippen molar-refractivity contribution < 1.29 is 9.47 Å². The predicted molar refractivity (Wildman–Crippen MR) is 147 cm³/mol. The number of aliphatic imine (C=N–C) groups is 1. The van der Waals surface area contributed by atoms with Crippen molar-refractivity contribution in [3.8, 4) is 11.5 Å². The predicted octanol–water partition coefficient (Wildman–Crippen LogP) is 3.59. The minimum atomic E-state index is 0. The maximum absolute atomic E-state index is 5.99. The lowest BCUT2D eigenvalue weighted by Crippen LogP contribution is -2.44. The van der Waals surface area contributed by atoms with Crippen LogP contribution in [-0.2, 0) is 6.54 Å². The Balaban J connectivity index is 0.00000385. The monoisotopic (exact) mass is 567 g/mol. The van der Waals surface area contributed by atoms with E-state index in [1.165, 1.54) is 0 Å². The van der Waals surface area contributed by atoms with Crippen molar-refractivity contribution in [2.75, 3.05) is 58.9 Å². The van der Waals surface area contributed by atoms with E-state index in [2.05, 4.69) is 45.6 Å². The summed E-state index contributed by atoms with van der Waals surface area (Å²) in [4.78, 5) is 9.33. The molecule has 1 heterocycles. The number of para-hydroxylation sites is 3. The molecule has 0 bridgehead atoms. The van der Waals surface area contributed by atoms with Crippen LogP contribution in [0.1, 0.15) is 18.9 Å². The Bertz CT molecular complexity index is 877. The fourth-order valence-corrected chi connectivity index (χ4v) is 3.78. The van der Waals surface area contributed by atoms with Crippen LogP contribution in [0.3, 0.4) is 0 Å². The topological polar surface area (TPSA) is 61.4 Å². The summed E-state index contributed by atoms with van der Waals surface area (Å²) in [5.41, 5.74) is 2.23. The number of nitrogens with one attached hydrogen (secondary N) is 2. The molecule has 0 spiro atoms. The molecular formula is C25H38IN5O2. The number of hydrogen-bond donors (Lipinski definition) is 2. The Hall–Kier alpha value is -2.20. The van der Waals surface area contributed by atoms with Crippen molar-refractivity contribution >= 4 is 35.6 Å². The van der Waals surface area contributed by atoms with E-state index in [4.69, 9.17) is 14.5 Å². The fourth-order valence-electron chi connectivity index (χ4n) is 3.78. The summed E-state index contributed by atoms with van der Waals surface area (Å²) in [5, 5.41) is 6.99. The molecule has 33 heavy (non-hydrogen) atoms. The quantitative estimate of drug-likeness (QED) is 0.260. The van der Waals surface area contributed by atoms with Crippen LogP contribution < -0.4 is 25.0 Å². The summed E-state index contributed by atoms with van der Waals surface area (Å²) in [6.07, 6.45) is 1.05. The molecule has 1 unspecified atom stereocenters. The average Bonchev–Trinajstić information content (AvgIpc) is 3.26. The molecule has 1 aliphatic heterocycles. The molecule has 0 aromatic heterocycles. The van der Waals surface area contributed by atoms with Gasteiger partial charge >= 0.3 is 0 Å². The van der Waals surface area contributed by atoms with E-state index in [1.54, 1.807) is 7.11 Å². The van der Waals surface area contributed by atoms with Gasteiger partial charge in [-0.15, -0.1) is 24.0 Å². The molecule has 3 rings (SSSR count).